The van der Waals surface area contributed by atoms with Crippen LogP contribution < -0.4 is 9.47 Å². The smallest absolute Gasteiger partial charge is 0.178 e. The maximum absolute atomic E-state index is 5.52. The number of nitrogens with one attached hydrogen (secondary N) is 1. The van der Waals surface area contributed by atoms with Crippen molar-refractivity contribution >= 4 is 23.3 Å². The van der Waals surface area contributed by atoms with Crippen LogP contribution in [0.5, 0.6) is 11.5 Å². The number of hydrogen-bond acceptors (Lipinski definition) is 3. The first-order valence-electron chi connectivity index (χ1n) is 7.11. The molecule has 0 bridgehead atoms. The van der Waals surface area contributed by atoms with Crippen molar-refractivity contribution in [2.24, 2.45) is 0 Å². The molecular formula is C15H20N2O2S. The predicted molar refractivity (Wildman–Crippen MR) is 82.3 cm³/mol. The van der Waals surface area contributed by atoms with Crippen molar-refractivity contribution in [2.75, 3.05) is 14.2 Å². The topological polar surface area (TPSA) is 39.2 Å². The monoisotopic (exact) mass is 292 g/mol. The Balaban J connectivity index is 2.16. The molecule has 108 valence electrons. The summed E-state index contributed by atoms with van der Waals surface area (Å²) < 4.78 is 13.8. The molecule has 0 spiro atoms. The van der Waals surface area contributed by atoms with E-state index in [1.165, 1.54) is 32.1 Å². The number of H-pyrrole nitrogens is 1. The van der Waals surface area contributed by atoms with Crippen LogP contribution in [0.3, 0.4) is 0 Å². The predicted octanol–water partition coefficient (Wildman–Crippen LogP) is 4.22. The molecule has 1 aliphatic carbocycles. The molecule has 4 nitrogen and oxygen atoms in total. The summed E-state index contributed by atoms with van der Waals surface area (Å²) in [6, 6.07) is 4.49. The number of fused-ring (bicyclic) bond motifs is 1. The van der Waals surface area contributed by atoms with E-state index in [9.17, 15) is 0 Å². The Morgan fingerprint density at radius 2 is 1.75 bits per heavy atom. The van der Waals surface area contributed by atoms with E-state index in [0.717, 1.165) is 27.3 Å². The molecular weight excluding hydrogens is 272 g/mol. The van der Waals surface area contributed by atoms with E-state index in [0.29, 0.717) is 6.04 Å². The van der Waals surface area contributed by atoms with Gasteiger partial charge in [0.2, 0.25) is 0 Å². The van der Waals surface area contributed by atoms with Crippen molar-refractivity contribution in [1.29, 1.82) is 0 Å². The summed E-state index contributed by atoms with van der Waals surface area (Å²) in [5, 5.41) is 0. The van der Waals surface area contributed by atoms with Gasteiger partial charge in [0.1, 0.15) is 0 Å². The Labute approximate surface area is 123 Å². The third-order valence-corrected chi connectivity index (χ3v) is 4.46. The Morgan fingerprint density at radius 3 is 2.40 bits per heavy atom. The van der Waals surface area contributed by atoms with E-state index in [2.05, 4.69) is 9.55 Å². The lowest BCUT2D eigenvalue weighted by Crippen LogP contribution is -2.12. The fourth-order valence-corrected chi connectivity index (χ4v) is 3.51. The lowest BCUT2D eigenvalue weighted by molar-refractivity contribution is 0.351. The summed E-state index contributed by atoms with van der Waals surface area (Å²) in [5.41, 5.74) is 2.12. The molecule has 5 heteroatoms. The average Bonchev–Trinajstić information content (AvgIpc) is 2.81. The van der Waals surface area contributed by atoms with Crippen LogP contribution in [0.2, 0.25) is 0 Å². The van der Waals surface area contributed by atoms with Gasteiger partial charge in [-0.25, -0.2) is 0 Å². The molecule has 3 rings (SSSR count). The molecule has 0 saturated heterocycles. The average molecular weight is 292 g/mol. The summed E-state index contributed by atoms with van der Waals surface area (Å²) in [7, 11) is 3.31. The standard InChI is InChI=1S/C15H20N2O2S/c1-18-13-8-11-12(9-14(13)19-2)17(15(20)16-11)10-6-4-3-5-7-10/h8-10H,3-7H2,1-2H3,(H,16,20). The molecule has 1 aromatic carbocycles. The zero-order chi connectivity index (χ0) is 14.1. The van der Waals surface area contributed by atoms with Gasteiger partial charge in [-0.05, 0) is 25.1 Å². The SMILES string of the molecule is COc1cc2[nH]c(=S)n(C3CCCCC3)c2cc1OC. The molecule has 1 saturated carbocycles. The van der Waals surface area contributed by atoms with Gasteiger partial charge >= 0.3 is 0 Å². The van der Waals surface area contributed by atoms with Crippen LogP contribution in [0.25, 0.3) is 11.0 Å². The molecule has 2 aromatic rings. The molecule has 0 aliphatic heterocycles. The van der Waals surface area contributed by atoms with E-state index in [-0.39, 0.29) is 0 Å². The van der Waals surface area contributed by atoms with Crippen LogP contribution >= 0.6 is 12.2 Å². The van der Waals surface area contributed by atoms with Gasteiger partial charge in [0.25, 0.3) is 0 Å². The number of methoxy groups -OCH3 is 2. The number of hydrogen-bond donors (Lipinski definition) is 1. The Morgan fingerprint density at radius 1 is 1.10 bits per heavy atom. The Hall–Kier alpha value is -1.49. The van der Waals surface area contributed by atoms with E-state index < -0.39 is 0 Å². The number of ether oxygens (including phenoxy) is 2. The third-order valence-electron chi connectivity index (χ3n) is 4.16. The van der Waals surface area contributed by atoms with Crippen LogP contribution in [0.15, 0.2) is 12.1 Å². The summed E-state index contributed by atoms with van der Waals surface area (Å²) >= 11 is 5.52. The fraction of sp³-hybridized carbons (Fsp3) is 0.533. The summed E-state index contributed by atoms with van der Waals surface area (Å²) in [4.78, 5) is 3.29. The Kier molecular flexibility index (Phi) is 3.70. The van der Waals surface area contributed by atoms with Crippen LogP contribution in [-0.2, 0) is 0 Å². The first-order chi connectivity index (χ1) is 9.74. The molecule has 1 N–H and O–H groups in total. The molecule has 0 radical (unpaired) electrons. The van der Waals surface area contributed by atoms with Crippen molar-refractivity contribution in [2.45, 2.75) is 38.1 Å². The number of imidazole rings is 1. The second-order valence-electron chi connectivity index (χ2n) is 5.32. The van der Waals surface area contributed by atoms with Crippen LogP contribution in [0.4, 0.5) is 0 Å². The van der Waals surface area contributed by atoms with Gasteiger partial charge in [-0.15, -0.1) is 0 Å². The van der Waals surface area contributed by atoms with E-state index in [1.807, 2.05) is 12.1 Å². The number of benzene rings is 1. The van der Waals surface area contributed by atoms with E-state index >= 15 is 0 Å². The zero-order valence-corrected chi connectivity index (χ0v) is 12.8. The zero-order valence-electron chi connectivity index (χ0n) is 11.9. The summed E-state index contributed by atoms with van der Waals surface area (Å²) in [6.07, 6.45) is 6.31. The maximum Gasteiger partial charge on any atom is 0.178 e. The first-order valence-corrected chi connectivity index (χ1v) is 7.51. The van der Waals surface area contributed by atoms with Gasteiger partial charge in [0.05, 0.1) is 25.3 Å². The van der Waals surface area contributed by atoms with Gasteiger partial charge in [0, 0.05) is 18.2 Å². The second kappa shape index (κ2) is 5.48. The number of aromatic amines is 1. The van der Waals surface area contributed by atoms with Gasteiger partial charge in [-0.2, -0.15) is 0 Å². The highest BCUT2D eigenvalue weighted by Gasteiger charge is 2.20. The van der Waals surface area contributed by atoms with Gasteiger partial charge in [0.15, 0.2) is 16.3 Å². The van der Waals surface area contributed by atoms with Gasteiger partial charge in [-0.1, -0.05) is 19.3 Å². The highest BCUT2D eigenvalue weighted by molar-refractivity contribution is 7.71. The summed E-state index contributed by atoms with van der Waals surface area (Å²) in [5.74, 6) is 1.48. The number of nitrogens with zero attached hydrogens (tertiary/aromatic N) is 1. The van der Waals surface area contributed by atoms with Crippen LogP contribution in [0.1, 0.15) is 38.1 Å². The minimum Gasteiger partial charge on any atom is -0.493 e. The van der Waals surface area contributed by atoms with Crippen molar-refractivity contribution in [3.63, 3.8) is 0 Å². The molecule has 0 amide bonds. The molecule has 20 heavy (non-hydrogen) atoms. The van der Waals surface area contributed by atoms with Crippen molar-refractivity contribution in [1.82, 2.24) is 9.55 Å². The molecule has 1 heterocycles. The van der Waals surface area contributed by atoms with E-state index in [4.69, 9.17) is 21.7 Å². The van der Waals surface area contributed by atoms with Crippen LogP contribution in [-0.4, -0.2) is 23.8 Å². The fourth-order valence-electron chi connectivity index (χ4n) is 3.15. The van der Waals surface area contributed by atoms with Crippen molar-refractivity contribution in [3.05, 3.63) is 16.9 Å². The normalized spacial score (nSPS) is 16.5. The number of aromatic nitrogens is 2. The molecule has 1 aliphatic rings. The molecule has 1 aromatic heterocycles. The lowest BCUT2D eigenvalue weighted by Gasteiger charge is -2.23. The first kappa shape index (κ1) is 13.5. The van der Waals surface area contributed by atoms with Gasteiger partial charge < -0.3 is 19.0 Å². The highest BCUT2D eigenvalue weighted by Crippen LogP contribution is 2.36. The number of rotatable bonds is 3. The van der Waals surface area contributed by atoms with E-state index in [1.54, 1.807) is 14.2 Å². The van der Waals surface area contributed by atoms with Crippen molar-refractivity contribution < 1.29 is 9.47 Å². The molecule has 0 atom stereocenters. The molecule has 1 fully saturated rings. The minimum atomic E-state index is 0.503. The lowest BCUT2D eigenvalue weighted by atomic mass is 9.95. The highest BCUT2D eigenvalue weighted by atomic mass is 32.1. The quantitative estimate of drug-likeness (QED) is 0.861. The summed E-state index contributed by atoms with van der Waals surface area (Å²) in [6.45, 7) is 0. The maximum atomic E-state index is 5.52. The Bertz CT molecular complexity index is 668. The van der Waals surface area contributed by atoms with Crippen LogP contribution in [0, 0.1) is 4.77 Å². The largest absolute Gasteiger partial charge is 0.493 e. The molecule has 0 unspecified atom stereocenters. The third kappa shape index (κ3) is 2.20. The minimum absolute atomic E-state index is 0.503. The second-order valence-corrected chi connectivity index (χ2v) is 5.70. The van der Waals surface area contributed by atoms with Gasteiger partial charge in [-0.3, -0.25) is 0 Å². The van der Waals surface area contributed by atoms with Crippen molar-refractivity contribution in [3.8, 4) is 11.5 Å².